The molecule has 238 valence electrons. The molecule has 0 radical (unpaired) electrons. The van der Waals surface area contributed by atoms with E-state index in [0.717, 1.165) is 0 Å². The second kappa shape index (κ2) is 10.8. The highest BCUT2D eigenvalue weighted by Crippen LogP contribution is 2.41. The van der Waals surface area contributed by atoms with Crippen molar-refractivity contribution in [3.8, 4) is 28.2 Å². The average Bonchev–Trinajstić information content (AvgIpc) is 3.98. The van der Waals surface area contributed by atoms with Crippen LogP contribution in [0.3, 0.4) is 0 Å². The molecule has 3 heterocycles. The van der Waals surface area contributed by atoms with Crippen LogP contribution in [0.2, 0.25) is 0 Å². The molecule has 0 aliphatic heterocycles. The maximum atomic E-state index is 9.98. The molecule has 3 nitrogen and oxygen atoms in total. The highest BCUT2D eigenvalue weighted by atomic mass is 15.1. The fraction of sp³-hybridized carbons (Fsp3) is 0. The first-order chi connectivity index (χ1) is 32.0. The summed E-state index contributed by atoms with van der Waals surface area (Å²) in [6.45, 7) is 0. The van der Waals surface area contributed by atoms with E-state index in [9.17, 15) is 11.0 Å². The Kier molecular flexibility index (Phi) is 3.55. The summed E-state index contributed by atoms with van der Waals surface area (Å²) in [5.41, 5.74) is 0.835. The molecule has 0 fully saturated rings. The van der Waals surface area contributed by atoms with E-state index in [2.05, 4.69) is 0 Å². The van der Waals surface area contributed by atoms with Gasteiger partial charge in [0.1, 0.15) is 0 Å². The van der Waals surface area contributed by atoms with Crippen LogP contribution in [0.4, 0.5) is 0 Å². The molecule has 11 aromatic rings. The normalized spacial score (nSPS) is 16.3. The highest BCUT2D eigenvalue weighted by Gasteiger charge is 2.20. The van der Waals surface area contributed by atoms with Gasteiger partial charge in [-0.15, -0.1) is 0 Å². The van der Waals surface area contributed by atoms with Gasteiger partial charge in [0.15, 0.2) is 0 Å². The Morgan fingerprint density at radius 3 is 1.55 bits per heavy atom. The van der Waals surface area contributed by atoms with Crippen LogP contribution in [0.1, 0.15) is 21.9 Å². The molecule has 3 aromatic heterocycles. The van der Waals surface area contributed by atoms with Gasteiger partial charge in [-0.3, -0.25) is 0 Å². The zero-order valence-electron chi connectivity index (χ0n) is 42.5. The summed E-state index contributed by atoms with van der Waals surface area (Å²) in [6, 6.07) is 17.7. The second-order valence-electron chi connectivity index (χ2n) is 12.1. The van der Waals surface area contributed by atoms with Crippen molar-refractivity contribution in [2.75, 3.05) is 0 Å². The second-order valence-corrected chi connectivity index (χ2v) is 12.1. The van der Waals surface area contributed by atoms with Gasteiger partial charge in [-0.1, -0.05) is 115 Å². The van der Waals surface area contributed by atoms with Gasteiger partial charge < -0.3 is 13.7 Å². The zero-order valence-corrected chi connectivity index (χ0v) is 26.5. The first kappa shape index (κ1) is 16.7. The summed E-state index contributed by atoms with van der Waals surface area (Å²) in [5.74, 6) is 0. The van der Waals surface area contributed by atoms with Crippen LogP contribution in [0, 0.1) is 0 Å². The number of fused-ring (bicyclic) bond motifs is 9. The number of rotatable bonds is 4. The summed E-state index contributed by atoms with van der Waals surface area (Å²) >= 11 is 0. The van der Waals surface area contributed by atoms with Crippen LogP contribution in [0.15, 0.2) is 188 Å². The van der Waals surface area contributed by atoms with Crippen molar-refractivity contribution < 1.29 is 21.9 Å². The predicted molar refractivity (Wildman–Crippen MR) is 215 cm³/mol. The monoisotopic (exact) mass is 665 g/mol. The minimum Gasteiger partial charge on any atom is -0.309 e. The van der Waals surface area contributed by atoms with Crippen molar-refractivity contribution in [1.82, 2.24) is 13.7 Å². The fourth-order valence-corrected chi connectivity index (χ4v) is 7.24. The van der Waals surface area contributed by atoms with Crippen molar-refractivity contribution in [3.05, 3.63) is 188 Å². The minimum atomic E-state index is -0.688. The smallest absolute Gasteiger partial charge is 0.0782 e. The molecule has 0 unspecified atom stereocenters. The van der Waals surface area contributed by atoms with Crippen LogP contribution in [0.5, 0.6) is 0 Å². The lowest BCUT2D eigenvalue weighted by molar-refractivity contribution is 1.13. The number of nitrogens with zero attached hydrogens (tertiary/aromatic N) is 3. The molecule has 0 aliphatic rings. The summed E-state index contributed by atoms with van der Waals surface area (Å²) in [4.78, 5) is 0. The van der Waals surface area contributed by atoms with Gasteiger partial charge in [-0.2, -0.15) is 0 Å². The van der Waals surface area contributed by atoms with Crippen LogP contribution in [-0.4, -0.2) is 13.7 Å². The van der Waals surface area contributed by atoms with Crippen molar-refractivity contribution in [1.29, 1.82) is 0 Å². The maximum Gasteiger partial charge on any atom is 0.0782 e. The molecular formula is C48H31N3. The topological polar surface area (TPSA) is 14.8 Å². The van der Waals surface area contributed by atoms with Crippen LogP contribution >= 0.6 is 0 Å². The van der Waals surface area contributed by atoms with Crippen LogP contribution in [0.25, 0.3) is 93.6 Å². The van der Waals surface area contributed by atoms with Gasteiger partial charge in [0, 0.05) is 43.7 Å². The molecule has 3 heteroatoms. The van der Waals surface area contributed by atoms with Gasteiger partial charge in [0.2, 0.25) is 0 Å². The van der Waals surface area contributed by atoms with E-state index in [-0.39, 0.29) is 61.4 Å². The Morgan fingerprint density at radius 2 is 0.882 bits per heavy atom. The van der Waals surface area contributed by atoms with Crippen LogP contribution in [-0.2, 0) is 0 Å². The molecule has 0 saturated carbocycles. The van der Waals surface area contributed by atoms with E-state index in [4.69, 9.17) is 11.0 Å². The first-order valence-corrected chi connectivity index (χ1v) is 16.2. The van der Waals surface area contributed by atoms with Gasteiger partial charge in [0.25, 0.3) is 0 Å². The third-order valence-corrected chi connectivity index (χ3v) is 9.38. The molecule has 0 spiro atoms. The lowest BCUT2D eigenvalue weighted by Crippen LogP contribution is -2.00. The Balaban J connectivity index is 1.35. The van der Waals surface area contributed by atoms with E-state index < -0.39 is 95.7 Å². The molecule has 0 amide bonds. The van der Waals surface area contributed by atoms with E-state index >= 15 is 0 Å². The molecule has 51 heavy (non-hydrogen) atoms. The molecule has 0 N–H and O–H groups in total. The maximum absolute atomic E-state index is 9.98. The Morgan fingerprint density at radius 1 is 0.333 bits per heavy atom. The third kappa shape index (κ3) is 4.06. The quantitative estimate of drug-likeness (QED) is 0.178. The third-order valence-electron chi connectivity index (χ3n) is 9.38. The lowest BCUT2D eigenvalue weighted by Gasteiger charge is -2.14. The molecule has 0 aliphatic carbocycles. The van der Waals surface area contributed by atoms with Crippen molar-refractivity contribution in [3.63, 3.8) is 0 Å². The summed E-state index contributed by atoms with van der Waals surface area (Å²) < 4.78 is 152. The Bertz CT molecular complexity index is 4040. The van der Waals surface area contributed by atoms with E-state index in [1.165, 1.54) is 15.2 Å². The predicted octanol–water partition coefficient (Wildman–Crippen LogP) is 12.6. The van der Waals surface area contributed by atoms with Crippen molar-refractivity contribution in [2.24, 2.45) is 0 Å². The van der Waals surface area contributed by atoms with Gasteiger partial charge in [0.05, 0.1) is 60.7 Å². The lowest BCUT2D eigenvalue weighted by atomic mass is 10.0. The average molecular weight is 666 g/mol. The largest absolute Gasteiger partial charge is 0.309 e. The number of aromatic nitrogens is 3. The van der Waals surface area contributed by atoms with E-state index in [1.807, 2.05) is 34.9 Å². The van der Waals surface area contributed by atoms with Gasteiger partial charge in [-0.25, -0.2) is 0 Å². The number of hydrogen-bond donors (Lipinski definition) is 0. The van der Waals surface area contributed by atoms with E-state index in [0.29, 0.717) is 33.2 Å². The first-order valence-electron chi connectivity index (χ1n) is 24.2. The fourth-order valence-electron chi connectivity index (χ4n) is 7.24. The van der Waals surface area contributed by atoms with E-state index in [1.54, 1.807) is 54.6 Å². The molecular weight excluding hydrogens is 619 g/mol. The number of para-hydroxylation sites is 6. The molecule has 0 saturated heterocycles. The Hall–Kier alpha value is -6.84. The minimum absolute atomic E-state index is 0.0252. The molecule has 11 rings (SSSR count). The number of benzene rings is 8. The molecule has 8 aromatic carbocycles. The van der Waals surface area contributed by atoms with Crippen LogP contribution < -0.4 is 0 Å². The Labute approximate surface area is 316 Å². The summed E-state index contributed by atoms with van der Waals surface area (Å²) in [5, 5.41) is 0.387. The summed E-state index contributed by atoms with van der Waals surface area (Å²) in [6.07, 6.45) is 0. The standard InChI is InChI=1S/C48H31N3/c1-3-14-34(15-4-1)49-42-22-10-8-19-37(42)40-30-32(26-28-45(40)49)33-27-29-46-41(31-33)38-20-9-12-24-44(38)51(46)47-25-13-21-39-36-18-7-11-23-43(36)50(48(39)47)35-16-5-2-6-17-35/h1-31H/i7D,8D,9D,10D,12D,13D,19D,20D,22D,24D,26D,27D,28D,29D,30D,31D. The number of hydrogen-bond acceptors (Lipinski definition) is 0. The van der Waals surface area contributed by atoms with Crippen molar-refractivity contribution in [2.45, 2.75) is 0 Å². The molecule has 0 bridgehead atoms. The highest BCUT2D eigenvalue weighted by molar-refractivity contribution is 6.16. The SMILES string of the molecule is [2H]c1ccc2c(c1)c1cc([2H])cc(-n3c4c([2H])c([2H])c([2H])c([2H])c4c4c([2H])c(-c5c([2H])c([2H])c6c(c5[2H])c5c([2H])c([2H])c([2H])c([2H])c5n6-c5ccccc5)c([2H])c([2H])c43)c1n2-c1ccccc1. The van der Waals surface area contributed by atoms with Gasteiger partial charge >= 0.3 is 0 Å². The molecule has 0 atom stereocenters. The summed E-state index contributed by atoms with van der Waals surface area (Å²) in [7, 11) is 0. The van der Waals surface area contributed by atoms with Crippen molar-refractivity contribution >= 4 is 65.4 Å². The van der Waals surface area contributed by atoms with Gasteiger partial charge in [-0.05, 0) is 83.8 Å². The zero-order chi connectivity index (χ0) is 47.4.